The average Bonchev–Trinajstić information content (AvgIpc) is 2.38. The number of H-pyrrole nitrogens is 1. The molecule has 0 unspecified atom stereocenters. The van der Waals surface area contributed by atoms with E-state index < -0.39 is 0 Å². The number of nitrogens with one attached hydrogen (secondary N) is 1. The van der Waals surface area contributed by atoms with E-state index in [1.165, 1.54) is 30.3 Å². The van der Waals surface area contributed by atoms with E-state index in [-0.39, 0.29) is 30.4 Å². The molecular weight excluding hydrogens is 236 g/mol. The number of hydrogen-bond acceptors (Lipinski definition) is 4. The highest BCUT2D eigenvalue weighted by Gasteiger charge is 2.15. The standard InChI is InChI=1S/C12H16N2O4/c1-3-14(7-5-11(16)18-2)12(17)9-4-6-13-10(15)8-9/h4,6,8H,3,5,7H2,1-2H3,(H,13,15). The van der Waals surface area contributed by atoms with Gasteiger partial charge in [-0.1, -0.05) is 0 Å². The summed E-state index contributed by atoms with van der Waals surface area (Å²) in [6.45, 7) is 2.54. The van der Waals surface area contributed by atoms with E-state index in [1.807, 2.05) is 6.92 Å². The molecule has 0 atom stereocenters. The summed E-state index contributed by atoms with van der Waals surface area (Å²) in [5.41, 5.74) is -0.0182. The lowest BCUT2D eigenvalue weighted by Crippen LogP contribution is -2.33. The first-order valence-electron chi connectivity index (χ1n) is 5.63. The monoisotopic (exact) mass is 252 g/mol. The van der Waals surface area contributed by atoms with Gasteiger partial charge in [-0.2, -0.15) is 0 Å². The Morgan fingerprint density at radius 3 is 2.72 bits per heavy atom. The van der Waals surface area contributed by atoms with Gasteiger partial charge in [0.05, 0.1) is 13.5 Å². The number of carbonyl (C=O) groups excluding carboxylic acids is 2. The zero-order valence-electron chi connectivity index (χ0n) is 10.4. The van der Waals surface area contributed by atoms with Crippen LogP contribution in [0.25, 0.3) is 0 Å². The third-order valence-corrected chi connectivity index (χ3v) is 2.50. The van der Waals surface area contributed by atoms with Gasteiger partial charge in [-0.15, -0.1) is 0 Å². The van der Waals surface area contributed by atoms with E-state index in [2.05, 4.69) is 9.72 Å². The van der Waals surface area contributed by atoms with Crippen molar-refractivity contribution in [2.45, 2.75) is 13.3 Å². The average molecular weight is 252 g/mol. The second-order valence-corrected chi connectivity index (χ2v) is 3.65. The van der Waals surface area contributed by atoms with Gasteiger partial charge in [-0.25, -0.2) is 0 Å². The third kappa shape index (κ3) is 3.73. The van der Waals surface area contributed by atoms with Crippen LogP contribution in [0.4, 0.5) is 0 Å². The molecule has 0 fully saturated rings. The Balaban J connectivity index is 2.73. The lowest BCUT2D eigenvalue weighted by molar-refractivity contribution is -0.140. The van der Waals surface area contributed by atoms with Crippen molar-refractivity contribution < 1.29 is 14.3 Å². The topological polar surface area (TPSA) is 79.5 Å². The van der Waals surface area contributed by atoms with Gasteiger partial charge in [-0.3, -0.25) is 14.4 Å². The Kier molecular flexibility index (Phi) is 5.10. The fourth-order valence-electron chi connectivity index (χ4n) is 1.49. The molecule has 0 bridgehead atoms. The van der Waals surface area contributed by atoms with E-state index in [0.717, 1.165) is 0 Å². The summed E-state index contributed by atoms with van der Waals surface area (Å²) in [7, 11) is 1.30. The number of nitrogens with zero attached hydrogens (tertiary/aromatic N) is 1. The highest BCUT2D eigenvalue weighted by molar-refractivity contribution is 5.94. The van der Waals surface area contributed by atoms with Gasteiger partial charge in [0, 0.05) is 30.9 Å². The molecule has 6 nitrogen and oxygen atoms in total. The summed E-state index contributed by atoms with van der Waals surface area (Å²) < 4.78 is 4.52. The van der Waals surface area contributed by atoms with E-state index in [9.17, 15) is 14.4 Å². The van der Waals surface area contributed by atoms with Gasteiger partial charge in [-0.05, 0) is 13.0 Å². The minimum absolute atomic E-state index is 0.138. The third-order valence-electron chi connectivity index (χ3n) is 2.50. The zero-order chi connectivity index (χ0) is 13.5. The van der Waals surface area contributed by atoms with Gasteiger partial charge >= 0.3 is 5.97 Å². The Labute approximate surface area is 105 Å². The highest BCUT2D eigenvalue weighted by Crippen LogP contribution is 2.03. The maximum atomic E-state index is 12.1. The Bertz CT molecular complexity index is 481. The largest absolute Gasteiger partial charge is 0.469 e. The number of hydrogen-bond donors (Lipinski definition) is 1. The molecule has 1 aromatic rings. The molecule has 1 heterocycles. The van der Waals surface area contributed by atoms with Crippen molar-refractivity contribution in [1.29, 1.82) is 0 Å². The molecule has 1 N–H and O–H groups in total. The molecule has 0 aliphatic rings. The lowest BCUT2D eigenvalue weighted by Gasteiger charge is -2.20. The number of pyridine rings is 1. The second kappa shape index (κ2) is 6.58. The number of aromatic nitrogens is 1. The predicted octanol–water partition coefficient (Wildman–Crippen LogP) is 0.400. The molecule has 18 heavy (non-hydrogen) atoms. The molecule has 0 radical (unpaired) electrons. The minimum Gasteiger partial charge on any atom is -0.469 e. The Hall–Kier alpha value is -2.11. The van der Waals surface area contributed by atoms with Gasteiger partial charge in [0.15, 0.2) is 0 Å². The van der Waals surface area contributed by atoms with Crippen molar-refractivity contribution in [3.8, 4) is 0 Å². The first-order chi connectivity index (χ1) is 8.58. The SMILES string of the molecule is CCN(CCC(=O)OC)C(=O)c1cc[nH]c(=O)c1. The molecule has 0 saturated carbocycles. The quantitative estimate of drug-likeness (QED) is 0.769. The van der Waals surface area contributed by atoms with Gasteiger partial charge < -0.3 is 14.6 Å². The van der Waals surface area contributed by atoms with Crippen LogP contribution in [0.2, 0.25) is 0 Å². The number of ether oxygens (including phenoxy) is 1. The molecule has 1 amide bonds. The van der Waals surface area contributed by atoms with Crippen LogP contribution in [0.5, 0.6) is 0 Å². The van der Waals surface area contributed by atoms with Crippen molar-refractivity contribution in [3.05, 3.63) is 34.2 Å². The number of aromatic amines is 1. The number of methoxy groups -OCH3 is 1. The summed E-state index contributed by atoms with van der Waals surface area (Å²) in [5, 5.41) is 0. The number of amides is 1. The fraction of sp³-hybridized carbons (Fsp3) is 0.417. The molecular formula is C12H16N2O4. The number of rotatable bonds is 5. The van der Waals surface area contributed by atoms with Crippen molar-refractivity contribution >= 4 is 11.9 Å². The molecule has 0 saturated heterocycles. The van der Waals surface area contributed by atoms with Crippen molar-refractivity contribution in [2.75, 3.05) is 20.2 Å². The molecule has 0 aromatic carbocycles. The molecule has 1 aromatic heterocycles. The van der Waals surface area contributed by atoms with Crippen molar-refractivity contribution in [1.82, 2.24) is 9.88 Å². The van der Waals surface area contributed by atoms with E-state index >= 15 is 0 Å². The normalized spacial score (nSPS) is 9.89. The number of esters is 1. The van der Waals surface area contributed by atoms with Gasteiger partial charge in [0.2, 0.25) is 5.56 Å². The van der Waals surface area contributed by atoms with Crippen LogP contribution in [0, 0.1) is 0 Å². The maximum Gasteiger partial charge on any atom is 0.307 e. The highest BCUT2D eigenvalue weighted by atomic mass is 16.5. The van der Waals surface area contributed by atoms with Gasteiger partial charge in [0.25, 0.3) is 5.91 Å². The molecule has 6 heteroatoms. The molecule has 98 valence electrons. The van der Waals surface area contributed by atoms with Crippen LogP contribution in [0.3, 0.4) is 0 Å². The smallest absolute Gasteiger partial charge is 0.307 e. The molecule has 0 aliphatic heterocycles. The Morgan fingerprint density at radius 1 is 1.44 bits per heavy atom. The van der Waals surface area contributed by atoms with Crippen LogP contribution >= 0.6 is 0 Å². The fourth-order valence-corrected chi connectivity index (χ4v) is 1.49. The van der Waals surface area contributed by atoms with E-state index in [0.29, 0.717) is 12.1 Å². The van der Waals surface area contributed by atoms with Crippen LogP contribution < -0.4 is 5.56 Å². The van der Waals surface area contributed by atoms with Crippen LogP contribution in [-0.4, -0.2) is 42.0 Å². The summed E-state index contributed by atoms with van der Waals surface area (Å²) >= 11 is 0. The van der Waals surface area contributed by atoms with Gasteiger partial charge in [0.1, 0.15) is 0 Å². The maximum absolute atomic E-state index is 12.1. The van der Waals surface area contributed by atoms with Crippen LogP contribution in [0.15, 0.2) is 23.1 Å². The lowest BCUT2D eigenvalue weighted by atomic mass is 10.2. The van der Waals surface area contributed by atoms with Crippen LogP contribution in [-0.2, 0) is 9.53 Å². The minimum atomic E-state index is -0.368. The second-order valence-electron chi connectivity index (χ2n) is 3.65. The summed E-state index contributed by atoms with van der Waals surface area (Å²) in [5.74, 6) is -0.639. The Morgan fingerprint density at radius 2 is 2.17 bits per heavy atom. The first-order valence-corrected chi connectivity index (χ1v) is 5.63. The molecule has 1 rings (SSSR count). The first kappa shape index (κ1) is 14.0. The zero-order valence-corrected chi connectivity index (χ0v) is 10.4. The molecule has 0 aliphatic carbocycles. The van der Waals surface area contributed by atoms with E-state index in [1.54, 1.807) is 0 Å². The van der Waals surface area contributed by atoms with E-state index in [4.69, 9.17) is 0 Å². The predicted molar refractivity (Wildman–Crippen MR) is 65.3 cm³/mol. The van der Waals surface area contributed by atoms with Crippen molar-refractivity contribution in [2.24, 2.45) is 0 Å². The van der Waals surface area contributed by atoms with Crippen LogP contribution in [0.1, 0.15) is 23.7 Å². The molecule has 0 spiro atoms. The summed E-state index contributed by atoms with van der Waals surface area (Å²) in [6.07, 6.45) is 1.56. The summed E-state index contributed by atoms with van der Waals surface area (Å²) in [6, 6.07) is 2.77. The number of carbonyl (C=O) groups is 2. The van der Waals surface area contributed by atoms with Crippen molar-refractivity contribution in [3.63, 3.8) is 0 Å². The summed E-state index contributed by atoms with van der Waals surface area (Å²) in [4.78, 5) is 38.1.